The van der Waals surface area contributed by atoms with Crippen LogP contribution in [0.5, 0.6) is 0 Å². The summed E-state index contributed by atoms with van der Waals surface area (Å²) in [7, 11) is 1.34. The summed E-state index contributed by atoms with van der Waals surface area (Å²) < 4.78 is 12.4. The highest BCUT2D eigenvalue weighted by atomic mass is 127. The highest BCUT2D eigenvalue weighted by molar-refractivity contribution is 14.1. The standard InChI is InChI=1S/C15H15BrINO3/c1-3-18-14(10-8-9(17)4-5-11(10)16)12-6-7-13(21-12)15(19)20-2/h4-8,14,18H,3H2,1-2H3. The lowest BCUT2D eigenvalue weighted by Crippen LogP contribution is -2.22. The van der Waals surface area contributed by atoms with Crippen molar-refractivity contribution in [2.24, 2.45) is 0 Å². The van der Waals surface area contributed by atoms with Crippen LogP contribution in [0.2, 0.25) is 0 Å². The van der Waals surface area contributed by atoms with Gasteiger partial charge in [-0.15, -0.1) is 0 Å². The second-order valence-electron chi connectivity index (χ2n) is 4.35. The summed E-state index contributed by atoms with van der Waals surface area (Å²) in [5.41, 5.74) is 1.06. The van der Waals surface area contributed by atoms with Crippen LogP contribution in [0.25, 0.3) is 0 Å². The van der Waals surface area contributed by atoms with E-state index in [0.29, 0.717) is 5.76 Å². The van der Waals surface area contributed by atoms with Crippen LogP contribution in [-0.2, 0) is 4.74 Å². The molecule has 0 saturated heterocycles. The van der Waals surface area contributed by atoms with E-state index in [1.165, 1.54) is 7.11 Å². The normalized spacial score (nSPS) is 12.2. The van der Waals surface area contributed by atoms with Crippen LogP contribution in [0, 0.1) is 3.57 Å². The van der Waals surface area contributed by atoms with Gasteiger partial charge in [0.1, 0.15) is 5.76 Å². The highest BCUT2D eigenvalue weighted by Crippen LogP contribution is 2.31. The third-order valence-electron chi connectivity index (χ3n) is 2.98. The molecule has 0 aliphatic rings. The van der Waals surface area contributed by atoms with E-state index in [9.17, 15) is 4.79 Å². The minimum absolute atomic E-state index is 0.127. The molecule has 0 radical (unpaired) electrons. The maximum absolute atomic E-state index is 11.5. The van der Waals surface area contributed by atoms with Gasteiger partial charge in [-0.3, -0.25) is 0 Å². The summed E-state index contributed by atoms with van der Waals surface area (Å²) in [6.45, 7) is 2.80. The van der Waals surface area contributed by atoms with E-state index in [0.717, 1.165) is 20.2 Å². The van der Waals surface area contributed by atoms with Crippen LogP contribution in [-0.4, -0.2) is 19.6 Å². The number of carbonyl (C=O) groups excluding carboxylic acids is 1. The zero-order chi connectivity index (χ0) is 15.4. The van der Waals surface area contributed by atoms with Crippen LogP contribution in [0.4, 0.5) is 0 Å². The average molecular weight is 464 g/mol. The van der Waals surface area contributed by atoms with Gasteiger partial charge in [-0.2, -0.15) is 0 Å². The van der Waals surface area contributed by atoms with Gasteiger partial charge in [-0.05, 0) is 65.0 Å². The smallest absolute Gasteiger partial charge is 0.373 e. The van der Waals surface area contributed by atoms with E-state index in [1.807, 2.05) is 19.1 Å². The van der Waals surface area contributed by atoms with Crippen molar-refractivity contribution in [3.63, 3.8) is 0 Å². The van der Waals surface area contributed by atoms with Gasteiger partial charge in [0.05, 0.1) is 13.2 Å². The van der Waals surface area contributed by atoms with E-state index < -0.39 is 5.97 Å². The van der Waals surface area contributed by atoms with Gasteiger partial charge in [0, 0.05) is 8.04 Å². The number of ether oxygens (including phenoxy) is 1. The minimum atomic E-state index is -0.474. The SMILES string of the molecule is CCNC(c1ccc(C(=O)OC)o1)c1cc(I)ccc1Br. The number of halogens is 2. The first-order valence-electron chi connectivity index (χ1n) is 6.43. The number of furan rings is 1. The zero-order valence-corrected chi connectivity index (χ0v) is 15.4. The molecule has 4 nitrogen and oxygen atoms in total. The summed E-state index contributed by atoms with van der Waals surface area (Å²) >= 11 is 5.84. The lowest BCUT2D eigenvalue weighted by molar-refractivity contribution is 0.0562. The molecule has 0 aliphatic heterocycles. The molecule has 6 heteroatoms. The third-order valence-corrected chi connectivity index (χ3v) is 4.37. The Morgan fingerprint density at radius 2 is 2.19 bits per heavy atom. The van der Waals surface area contributed by atoms with Gasteiger partial charge < -0.3 is 14.5 Å². The van der Waals surface area contributed by atoms with Crippen LogP contribution < -0.4 is 5.32 Å². The van der Waals surface area contributed by atoms with E-state index in [-0.39, 0.29) is 11.8 Å². The molecule has 2 aromatic rings. The van der Waals surface area contributed by atoms with Crippen molar-refractivity contribution >= 4 is 44.5 Å². The number of esters is 1. The average Bonchev–Trinajstić information content (AvgIpc) is 2.96. The van der Waals surface area contributed by atoms with Gasteiger partial charge in [0.15, 0.2) is 0 Å². The lowest BCUT2D eigenvalue weighted by Gasteiger charge is -2.18. The Labute approximate surface area is 145 Å². The number of benzene rings is 1. The third kappa shape index (κ3) is 3.87. The molecular formula is C15H15BrINO3. The predicted molar refractivity (Wildman–Crippen MR) is 92.4 cm³/mol. The molecule has 1 aromatic carbocycles. The highest BCUT2D eigenvalue weighted by Gasteiger charge is 2.21. The monoisotopic (exact) mass is 463 g/mol. The van der Waals surface area contributed by atoms with Crippen LogP contribution in [0.1, 0.15) is 34.8 Å². The second kappa shape index (κ2) is 7.42. The summed E-state index contributed by atoms with van der Waals surface area (Å²) in [6.07, 6.45) is 0. The molecular weight excluding hydrogens is 449 g/mol. The molecule has 1 heterocycles. The van der Waals surface area contributed by atoms with Crippen molar-refractivity contribution in [2.75, 3.05) is 13.7 Å². The Morgan fingerprint density at radius 1 is 1.43 bits per heavy atom. The van der Waals surface area contributed by atoms with Gasteiger partial charge >= 0.3 is 5.97 Å². The fraction of sp³-hybridized carbons (Fsp3) is 0.267. The molecule has 0 bridgehead atoms. The lowest BCUT2D eigenvalue weighted by atomic mass is 10.0. The fourth-order valence-electron chi connectivity index (χ4n) is 2.02. The van der Waals surface area contributed by atoms with Gasteiger partial charge in [0.25, 0.3) is 0 Å². The Morgan fingerprint density at radius 3 is 2.86 bits per heavy atom. The summed E-state index contributed by atoms with van der Waals surface area (Å²) in [6, 6.07) is 9.42. The molecule has 1 atom stereocenters. The first-order chi connectivity index (χ1) is 10.1. The maximum Gasteiger partial charge on any atom is 0.373 e. The van der Waals surface area contributed by atoms with E-state index in [1.54, 1.807) is 12.1 Å². The maximum atomic E-state index is 11.5. The zero-order valence-electron chi connectivity index (χ0n) is 11.7. The van der Waals surface area contributed by atoms with Crippen LogP contribution in [0.3, 0.4) is 0 Å². The molecule has 112 valence electrons. The molecule has 0 fully saturated rings. The number of carbonyl (C=O) groups is 1. The Bertz CT molecular complexity index is 642. The van der Waals surface area contributed by atoms with Crippen molar-refractivity contribution in [1.29, 1.82) is 0 Å². The van der Waals surface area contributed by atoms with Gasteiger partial charge in [-0.1, -0.05) is 22.9 Å². The number of hydrogen-bond donors (Lipinski definition) is 1. The predicted octanol–water partition coefficient (Wildman–Crippen LogP) is 4.13. The Balaban J connectivity index is 2.41. The molecule has 0 amide bonds. The topological polar surface area (TPSA) is 51.5 Å². The van der Waals surface area contributed by atoms with Crippen LogP contribution in [0.15, 0.2) is 39.2 Å². The number of hydrogen-bond acceptors (Lipinski definition) is 4. The molecule has 1 aromatic heterocycles. The summed E-state index contributed by atoms with van der Waals surface area (Å²) in [4.78, 5) is 11.5. The molecule has 1 N–H and O–H groups in total. The van der Waals surface area contributed by atoms with E-state index in [4.69, 9.17) is 4.42 Å². The first-order valence-corrected chi connectivity index (χ1v) is 8.30. The number of nitrogens with one attached hydrogen (secondary N) is 1. The molecule has 2 rings (SSSR count). The largest absolute Gasteiger partial charge is 0.463 e. The van der Waals surface area contributed by atoms with Crippen molar-refractivity contribution in [2.45, 2.75) is 13.0 Å². The molecule has 0 aliphatic carbocycles. The summed E-state index contributed by atoms with van der Waals surface area (Å²) in [5, 5.41) is 3.37. The van der Waals surface area contributed by atoms with Crippen LogP contribution >= 0.6 is 38.5 Å². The Kier molecular flexibility index (Phi) is 5.83. The van der Waals surface area contributed by atoms with Crippen molar-refractivity contribution in [1.82, 2.24) is 5.32 Å². The second-order valence-corrected chi connectivity index (χ2v) is 6.45. The molecule has 0 saturated carbocycles. The fourth-order valence-corrected chi connectivity index (χ4v) is 3.01. The van der Waals surface area contributed by atoms with Crippen molar-refractivity contribution < 1.29 is 13.9 Å². The number of rotatable bonds is 5. The molecule has 21 heavy (non-hydrogen) atoms. The van der Waals surface area contributed by atoms with Crippen molar-refractivity contribution in [3.05, 3.63) is 55.5 Å². The quantitative estimate of drug-likeness (QED) is 0.535. The van der Waals surface area contributed by atoms with Gasteiger partial charge in [0.2, 0.25) is 5.76 Å². The van der Waals surface area contributed by atoms with Gasteiger partial charge in [-0.25, -0.2) is 4.79 Å². The first kappa shape index (κ1) is 16.5. The molecule has 1 unspecified atom stereocenters. The number of methoxy groups -OCH3 is 1. The minimum Gasteiger partial charge on any atom is -0.463 e. The summed E-state index contributed by atoms with van der Waals surface area (Å²) in [5.74, 6) is 0.412. The Hall–Kier alpha value is -0.860. The van der Waals surface area contributed by atoms with E-state index in [2.05, 4.69) is 54.6 Å². The van der Waals surface area contributed by atoms with Crippen molar-refractivity contribution in [3.8, 4) is 0 Å². The molecule has 0 spiro atoms. The van der Waals surface area contributed by atoms with E-state index >= 15 is 0 Å².